The molecule has 1 atom stereocenters. The van der Waals surface area contributed by atoms with Gasteiger partial charge in [0.1, 0.15) is 5.69 Å². The van der Waals surface area contributed by atoms with Gasteiger partial charge in [0.15, 0.2) is 0 Å². The molecule has 0 aromatic carbocycles. The number of hydrogen-bond acceptors (Lipinski definition) is 5. The molecule has 3 amide bonds. The first-order valence-electron chi connectivity index (χ1n) is 8.32. The Hall–Kier alpha value is -2.64. The van der Waals surface area contributed by atoms with E-state index in [-0.39, 0.29) is 23.7 Å². The molecule has 1 aromatic rings. The molecular formula is C17H24N4O4. The lowest BCUT2D eigenvalue weighted by molar-refractivity contribution is -0.144. The van der Waals surface area contributed by atoms with Crippen molar-refractivity contribution < 1.29 is 19.1 Å². The number of carbonyl (C=O) groups excluding carboxylic acids is 3. The molecule has 1 fully saturated rings. The molecule has 0 aliphatic carbocycles. The number of nitrogens with one attached hydrogen (secondary N) is 2. The first-order chi connectivity index (χ1) is 11.9. The molecular weight excluding hydrogens is 324 g/mol. The van der Waals surface area contributed by atoms with Crippen LogP contribution in [0.1, 0.15) is 26.7 Å². The molecule has 0 saturated carbocycles. The van der Waals surface area contributed by atoms with Crippen LogP contribution in [0, 0.1) is 5.92 Å². The zero-order chi connectivity index (χ0) is 18.4. The van der Waals surface area contributed by atoms with Gasteiger partial charge in [0, 0.05) is 31.2 Å². The van der Waals surface area contributed by atoms with Gasteiger partial charge >= 0.3 is 11.8 Å². The van der Waals surface area contributed by atoms with Gasteiger partial charge in [-0.05, 0) is 25.0 Å². The van der Waals surface area contributed by atoms with Crippen LogP contribution in [0.5, 0.6) is 5.88 Å². The first-order valence-corrected chi connectivity index (χ1v) is 8.32. The Balaban J connectivity index is 1.97. The van der Waals surface area contributed by atoms with Gasteiger partial charge in [-0.15, -0.1) is 0 Å². The fraction of sp³-hybridized carbons (Fsp3) is 0.529. The third-order valence-electron chi connectivity index (χ3n) is 3.99. The Kier molecular flexibility index (Phi) is 6.32. The molecule has 8 heteroatoms. The molecule has 1 aliphatic heterocycles. The zero-order valence-electron chi connectivity index (χ0n) is 14.7. The van der Waals surface area contributed by atoms with Crippen molar-refractivity contribution in [1.29, 1.82) is 0 Å². The maximum absolute atomic E-state index is 12.4. The van der Waals surface area contributed by atoms with E-state index in [1.54, 1.807) is 12.1 Å². The van der Waals surface area contributed by atoms with E-state index < -0.39 is 11.8 Å². The second kappa shape index (κ2) is 8.46. The average molecular weight is 348 g/mol. The number of rotatable bonds is 4. The average Bonchev–Trinajstić information content (AvgIpc) is 2.61. The molecule has 1 unspecified atom stereocenters. The highest BCUT2D eigenvalue weighted by Gasteiger charge is 2.29. The summed E-state index contributed by atoms with van der Waals surface area (Å²) < 4.78 is 5.06. The summed E-state index contributed by atoms with van der Waals surface area (Å²) in [6.45, 7) is 4.45. The van der Waals surface area contributed by atoms with E-state index in [0.29, 0.717) is 18.8 Å². The molecule has 0 spiro atoms. The van der Waals surface area contributed by atoms with Crippen molar-refractivity contribution in [3.63, 3.8) is 0 Å². The number of carbonyl (C=O) groups is 3. The summed E-state index contributed by atoms with van der Waals surface area (Å²) in [5.41, 5.74) is 0.338. The van der Waals surface area contributed by atoms with Crippen molar-refractivity contribution in [3.8, 4) is 5.88 Å². The molecule has 1 aliphatic rings. The van der Waals surface area contributed by atoms with Crippen LogP contribution in [0.3, 0.4) is 0 Å². The number of hydrogen-bond donors (Lipinski definition) is 2. The number of nitrogens with zero attached hydrogens (tertiary/aromatic N) is 2. The summed E-state index contributed by atoms with van der Waals surface area (Å²) in [5, 5.41) is 5.44. The molecule has 136 valence electrons. The van der Waals surface area contributed by atoms with Crippen molar-refractivity contribution in [2.45, 2.75) is 32.7 Å². The van der Waals surface area contributed by atoms with Crippen molar-refractivity contribution in [2.75, 3.05) is 25.5 Å². The summed E-state index contributed by atoms with van der Waals surface area (Å²) in [7, 11) is 1.44. The van der Waals surface area contributed by atoms with Gasteiger partial charge in [-0.3, -0.25) is 14.4 Å². The van der Waals surface area contributed by atoms with Crippen LogP contribution in [0.4, 0.5) is 5.69 Å². The van der Waals surface area contributed by atoms with Gasteiger partial charge in [-0.2, -0.15) is 0 Å². The van der Waals surface area contributed by atoms with E-state index in [9.17, 15) is 14.4 Å². The predicted octanol–water partition coefficient (Wildman–Crippen LogP) is 0.792. The zero-order valence-corrected chi connectivity index (χ0v) is 14.7. The fourth-order valence-electron chi connectivity index (χ4n) is 2.62. The maximum atomic E-state index is 12.4. The Morgan fingerprint density at radius 1 is 1.36 bits per heavy atom. The Morgan fingerprint density at radius 3 is 2.80 bits per heavy atom. The highest BCUT2D eigenvalue weighted by molar-refractivity contribution is 6.39. The molecule has 8 nitrogen and oxygen atoms in total. The van der Waals surface area contributed by atoms with E-state index in [2.05, 4.69) is 15.6 Å². The smallest absolute Gasteiger partial charge is 0.314 e. The van der Waals surface area contributed by atoms with Gasteiger partial charge in [-0.25, -0.2) is 4.98 Å². The molecule has 0 radical (unpaired) electrons. The lowest BCUT2D eigenvalue weighted by Crippen LogP contribution is -2.52. The lowest BCUT2D eigenvalue weighted by atomic mass is 10.0. The number of likely N-dealkylation sites (tertiary alicyclic amines) is 1. The summed E-state index contributed by atoms with van der Waals surface area (Å²) >= 11 is 0. The third kappa shape index (κ3) is 4.91. The second-order valence-electron chi connectivity index (χ2n) is 6.27. The molecule has 1 aromatic heterocycles. The number of methoxy groups -OCH3 is 1. The number of anilines is 1. The molecule has 2 N–H and O–H groups in total. The van der Waals surface area contributed by atoms with E-state index in [1.165, 1.54) is 18.2 Å². The Labute approximate surface area is 146 Å². The van der Waals surface area contributed by atoms with Crippen molar-refractivity contribution >= 4 is 23.4 Å². The van der Waals surface area contributed by atoms with Gasteiger partial charge < -0.3 is 20.3 Å². The van der Waals surface area contributed by atoms with Crippen LogP contribution in [0.2, 0.25) is 0 Å². The van der Waals surface area contributed by atoms with E-state index in [0.717, 1.165) is 12.8 Å². The summed E-state index contributed by atoms with van der Waals surface area (Å²) in [5.74, 6) is -1.31. The topological polar surface area (TPSA) is 101 Å². The molecule has 25 heavy (non-hydrogen) atoms. The third-order valence-corrected chi connectivity index (χ3v) is 3.99. The molecule has 0 bridgehead atoms. The standard InChI is InChI=1S/C17H24N4O4/c1-11(2)14(22)19-12-6-5-9-21(10-12)17(24)15(23)20-13-7-4-8-18-16(13)25-3/h4,7-8,11-12H,5-6,9-10H2,1-3H3,(H,19,22)(H,20,23). The highest BCUT2D eigenvalue weighted by Crippen LogP contribution is 2.20. The van der Waals surface area contributed by atoms with Crippen molar-refractivity contribution in [1.82, 2.24) is 15.2 Å². The molecule has 2 rings (SSSR count). The number of amides is 3. The maximum Gasteiger partial charge on any atom is 0.314 e. The van der Waals surface area contributed by atoms with Crippen LogP contribution < -0.4 is 15.4 Å². The van der Waals surface area contributed by atoms with Crippen molar-refractivity contribution in [2.24, 2.45) is 5.92 Å². The minimum atomic E-state index is -0.748. The van der Waals surface area contributed by atoms with E-state index in [4.69, 9.17) is 4.74 Å². The van der Waals surface area contributed by atoms with Crippen LogP contribution in [-0.4, -0.2) is 53.8 Å². The normalized spacial score (nSPS) is 17.1. The second-order valence-corrected chi connectivity index (χ2v) is 6.27. The number of piperidine rings is 1. The van der Waals surface area contributed by atoms with Gasteiger partial charge in [-0.1, -0.05) is 13.8 Å². The lowest BCUT2D eigenvalue weighted by Gasteiger charge is -2.33. The van der Waals surface area contributed by atoms with E-state index >= 15 is 0 Å². The van der Waals surface area contributed by atoms with E-state index in [1.807, 2.05) is 13.8 Å². The number of pyridine rings is 1. The minimum Gasteiger partial charge on any atom is -0.480 e. The summed E-state index contributed by atoms with van der Waals surface area (Å²) in [6, 6.07) is 3.12. The van der Waals surface area contributed by atoms with Crippen molar-refractivity contribution in [3.05, 3.63) is 18.3 Å². The number of aromatic nitrogens is 1. The highest BCUT2D eigenvalue weighted by atomic mass is 16.5. The monoisotopic (exact) mass is 348 g/mol. The van der Waals surface area contributed by atoms with Gasteiger partial charge in [0.25, 0.3) is 0 Å². The van der Waals surface area contributed by atoms with Crippen LogP contribution in [0.15, 0.2) is 18.3 Å². The SMILES string of the molecule is COc1ncccc1NC(=O)C(=O)N1CCCC(NC(=O)C(C)C)C1. The van der Waals surface area contributed by atoms with Gasteiger partial charge in [0.05, 0.1) is 7.11 Å². The minimum absolute atomic E-state index is 0.0520. The first kappa shape index (κ1) is 18.7. The van der Waals surface area contributed by atoms with Crippen LogP contribution in [-0.2, 0) is 14.4 Å². The summed E-state index contributed by atoms with van der Waals surface area (Å²) in [4.78, 5) is 41.9. The Morgan fingerprint density at radius 2 is 2.12 bits per heavy atom. The largest absolute Gasteiger partial charge is 0.480 e. The van der Waals surface area contributed by atoms with Gasteiger partial charge in [0.2, 0.25) is 11.8 Å². The Bertz CT molecular complexity index is 647. The number of ether oxygens (including phenoxy) is 1. The molecule has 1 saturated heterocycles. The predicted molar refractivity (Wildman–Crippen MR) is 92.0 cm³/mol. The quantitative estimate of drug-likeness (QED) is 0.784. The van der Waals surface area contributed by atoms with Crippen LogP contribution >= 0.6 is 0 Å². The summed E-state index contributed by atoms with van der Waals surface area (Å²) in [6.07, 6.45) is 3.06. The molecule has 2 heterocycles. The fourth-order valence-corrected chi connectivity index (χ4v) is 2.62. The van der Waals surface area contributed by atoms with Crippen LogP contribution in [0.25, 0.3) is 0 Å².